The minimum atomic E-state index is -4.55. The van der Waals surface area contributed by atoms with Gasteiger partial charge in [0.1, 0.15) is 22.8 Å². The van der Waals surface area contributed by atoms with Crippen LogP contribution in [0.4, 0.5) is 23.7 Å². The molecule has 4 aromatic rings. The first-order valence-corrected chi connectivity index (χ1v) is 15.5. The predicted molar refractivity (Wildman–Crippen MR) is 173 cm³/mol. The van der Waals surface area contributed by atoms with Gasteiger partial charge in [-0.2, -0.15) is 13.2 Å². The molecule has 0 aliphatic carbocycles. The zero-order valence-corrected chi connectivity index (χ0v) is 26.8. The first kappa shape index (κ1) is 32.3. The number of aromatic nitrogens is 2. The summed E-state index contributed by atoms with van der Waals surface area (Å²) in [6.45, 7) is 5.38. The highest BCUT2D eigenvalue weighted by molar-refractivity contribution is 5.98. The molecule has 1 atom stereocenters. The molecule has 2 N–H and O–H groups in total. The quantitative estimate of drug-likeness (QED) is 0.274. The summed E-state index contributed by atoms with van der Waals surface area (Å²) in [7, 11) is 5.34. The molecular weight excluding hydrogens is 611 g/mol. The van der Waals surface area contributed by atoms with E-state index in [-0.39, 0.29) is 36.3 Å². The highest BCUT2D eigenvalue weighted by atomic mass is 19.4. The Morgan fingerprint density at radius 1 is 1.04 bits per heavy atom. The molecule has 2 aliphatic rings. The number of alkyl halides is 3. The number of aromatic amines is 1. The van der Waals surface area contributed by atoms with Gasteiger partial charge in [-0.15, -0.1) is 0 Å². The second-order valence-electron chi connectivity index (χ2n) is 12.5. The number of carbonyl (C=O) groups excluding carboxylic acids is 2. The van der Waals surface area contributed by atoms with Crippen molar-refractivity contribution in [3.8, 4) is 11.5 Å². The average molecular weight is 650 g/mol. The number of nitrogens with one attached hydrogen (secondary N) is 2. The number of carbonyl (C=O) groups is 2. The van der Waals surface area contributed by atoms with Crippen molar-refractivity contribution in [2.24, 2.45) is 0 Å². The number of hydrogen-bond acceptors (Lipinski definition) is 6. The summed E-state index contributed by atoms with van der Waals surface area (Å²) in [5, 5.41) is 3.36. The number of benzene rings is 2. The first-order valence-electron chi connectivity index (χ1n) is 15.5. The molecule has 0 unspecified atom stereocenters. The van der Waals surface area contributed by atoms with Crippen molar-refractivity contribution in [1.29, 1.82) is 0 Å². The summed E-state index contributed by atoms with van der Waals surface area (Å²) in [6.07, 6.45) is -2.39. The van der Waals surface area contributed by atoms with Gasteiger partial charge in [0.2, 0.25) is 0 Å². The van der Waals surface area contributed by atoms with Crippen LogP contribution in [0.5, 0.6) is 11.5 Å². The molecule has 1 fully saturated rings. The van der Waals surface area contributed by atoms with E-state index in [4.69, 9.17) is 4.74 Å². The van der Waals surface area contributed by atoms with E-state index in [1.165, 1.54) is 11.0 Å². The van der Waals surface area contributed by atoms with E-state index in [0.29, 0.717) is 47.7 Å². The summed E-state index contributed by atoms with van der Waals surface area (Å²) < 4.78 is 48.6. The highest BCUT2D eigenvalue weighted by Crippen LogP contribution is 2.36. The molecule has 0 saturated carbocycles. The third kappa shape index (κ3) is 7.05. The number of fused-ring (bicyclic) bond motifs is 2. The van der Waals surface area contributed by atoms with Crippen LogP contribution in [-0.4, -0.2) is 94.9 Å². The van der Waals surface area contributed by atoms with Crippen LogP contribution in [-0.2, 0) is 25.7 Å². The lowest BCUT2D eigenvalue weighted by molar-refractivity contribution is -0.138. The van der Waals surface area contributed by atoms with Crippen molar-refractivity contribution in [1.82, 2.24) is 29.6 Å². The number of piperazine rings is 1. The Balaban J connectivity index is 1.17. The van der Waals surface area contributed by atoms with Gasteiger partial charge in [-0.1, -0.05) is 12.1 Å². The molecule has 6 rings (SSSR count). The predicted octanol–water partition coefficient (Wildman–Crippen LogP) is 5.80. The number of amides is 3. The lowest BCUT2D eigenvalue weighted by Crippen LogP contribution is -2.44. The van der Waals surface area contributed by atoms with Gasteiger partial charge in [0.05, 0.1) is 10.9 Å². The average Bonchev–Trinajstić information content (AvgIpc) is 3.47. The van der Waals surface area contributed by atoms with Gasteiger partial charge in [-0.05, 0) is 73.5 Å². The number of H-pyrrole nitrogens is 1. The van der Waals surface area contributed by atoms with E-state index in [1.54, 1.807) is 43.4 Å². The molecule has 248 valence electrons. The Morgan fingerprint density at radius 2 is 1.81 bits per heavy atom. The normalized spacial score (nSPS) is 17.4. The SMILES string of the molecule is C[C@@H]1Cc2ccc(Oc3ccnc4[nH]c(C(=O)N(C)C)cc34)cc2CN1C(=O)Nc1ccc(CN2CCN(C)CC2)c(C(F)(F)F)c1. The third-order valence-electron chi connectivity index (χ3n) is 8.84. The van der Waals surface area contributed by atoms with Gasteiger partial charge in [-0.25, -0.2) is 9.78 Å². The minimum absolute atomic E-state index is 0.0971. The molecule has 10 nitrogen and oxygen atoms in total. The second kappa shape index (κ2) is 12.9. The number of halogens is 3. The maximum atomic E-state index is 14.1. The Bertz CT molecular complexity index is 1800. The molecule has 1 saturated heterocycles. The first-order chi connectivity index (χ1) is 22.4. The molecule has 2 aliphatic heterocycles. The summed E-state index contributed by atoms with van der Waals surface area (Å²) in [4.78, 5) is 40.5. The van der Waals surface area contributed by atoms with Crippen molar-refractivity contribution < 1.29 is 27.5 Å². The van der Waals surface area contributed by atoms with Crippen molar-refractivity contribution in [2.45, 2.75) is 38.7 Å². The molecule has 0 spiro atoms. The lowest BCUT2D eigenvalue weighted by Gasteiger charge is -2.35. The lowest BCUT2D eigenvalue weighted by atomic mass is 9.95. The Kier molecular flexibility index (Phi) is 8.86. The molecule has 0 radical (unpaired) electrons. The van der Waals surface area contributed by atoms with Crippen LogP contribution in [0.2, 0.25) is 0 Å². The second-order valence-corrected chi connectivity index (χ2v) is 12.5. The highest BCUT2D eigenvalue weighted by Gasteiger charge is 2.35. The van der Waals surface area contributed by atoms with Crippen molar-refractivity contribution >= 4 is 28.7 Å². The number of likely N-dealkylation sites (N-methyl/N-ethyl adjacent to an activating group) is 1. The fourth-order valence-electron chi connectivity index (χ4n) is 6.12. The number of anilines is 1. The summed E-state index contributed by atoms with van der Waals surface area (Å²) in [6, 6.07) is 12.5. The molecule has 13 heteroatoms. The number of ether oxygens (including phenoxy) is 1. The molecule has 4 heterocycles. The van der Waals surface area contributed by atoms with Crippen LogP contribution in [0, 0.1) is 0 Å². The summed E-state index contributed by atoms with van der Waals surface area (Å²) in [5.41, 5.74) is 2.39. The Hall–Kier alpha value is -4.62. The molecule has 2 aromatic heterocycles. The number of nitrogens with zero attached hydrogens (tertiary/aromatic N) is 5. The van der Waals surface area contributed by atoms with Crippen LogP contribution >= 0.6 is 0 Å². The standard InChI is InChI=1S/C34H38F3N7O3/c1-21-15-22-6-8-26(47-30-9-10-38-31-27(30)18-29(40-31)32(45)41(2)3)16-24(22)20-44(21)33(46)39-25-7-5-23(28(17-25)34(35,36)37)19-43-13-11-42(4)12-14-43/h5-10,16-18,21H,11-15,19-20H2,1-4H3,(H,38,40)(H,39,46)/t21-/m1/s1. The number of rotatable bonds is 6. The van der Waals surface area contributed by atoms with Crippen LogP contribution < -0.4 is 10.1 Å². The van der Waals surface area contributed by atoms with Gasteiger partial charge in [0.25, 0.3) is 5.91 Å². The minimum Gasteiger partial charge on any atom is -0.457 e. The zero-order chi connectivity index (χ0) is 33.5. The van der Waals surface area contributed by atoms with Gasteiger partial charge >= 0.3 is 12.2 Å². The largest absolute Gasteiger partial charge is 0.457 e. The van der Waals surface area contributed by atoms with Crippen LogP contribution in [0.1, 0.15) is 39.7 Å². The number of hydrogen-bond donors (Lipinski definition) is 2. The van der Waals surface area contributed by atoms with E-state index in [1.807, 2.05) is 37.1 Å². The van der Waals surface area contributed by atoms with Crippen molar-refractivity contribution in [3.63, 3.8) is 0 Å². The number of urea groups is 1. The molecular formula is C34H38F3N7O3. The fraction of sp³-hybridized carbons (Fsp3) is 0.382. The van der Waals surface area contributed by atoms with E-state index in [2.05, 4.69) is 20.2 Å². The molecule has 3 amide bonds. The molecule has 0 bridgehead atoms. The van der Waals surface area contributed by atoms with Crippen molar-refractivity contribution in [3.05, 3.63) is 82.7 Å². The maximum absolute atomic E-state index is 14.1. The Labute approximate surface area is 271 Å². The van der Waals surface area contributed by atoms with E-state index >= 15 is 0 Å². The van der Waals surface area contributed by atoms with Crippen LogP contribution in [0.25, 0.3) is 11.0 Å². The van der Waals surface area contributed by atoms with E-state index in [9.17, 15) is 22.8 Å². The Morgan fingerprint density at radius 3 is 2.53 bits per heavy atom. The summed E-state index contributed by atoms with van der Waals surface area (Å²) in [5.74, 6) is 0.865. The van der Waals surface area contributed by atoms with Gasteiger partial charge < -0.3 is 29.7 Å². The molecule has 47 heavy (non-hydrogen) atoms. The third-order valence-corrected chi connectivity index (χ3v) is 8.84. The van der Waals surface area contributed by atoms with E-state index < -0.39 is 17.8 Å². The van der Waals surface area contributed by atoms with Gasteiger partial charge in [0, 0.05) is 71.3 Å². The van der Waals surface area contributed by atoms with Crippen molar-refractivity contribution in [2.75, 3.05) is 52.6 Å². The smallest absolute Gasteiger partial charge is 0.416 e. The maximum Gasteiger partial charge on any atom is 0.416 e. The number of pyridine rings is 1. The monoisotopic (exact) mass is 649 g/mol. The van der Waals surface area contributed by atoms with Crippen LogP contribution in [0.15, 0.2) is 54.7 Å². The molecule has 2 aromatic carbocycles. The zero-order valence-electron chi connectivity index (χ0n) is 26.8. The topological polar surface area (TPSA) is 97.0 Å². The van der Waals surface area contributed by atoms with E-state index in [0.717, 1.165) is 30.3 Å². The summed E-state index contributed by atoms with van der Waals surface area (Å²) >= 11 is 0. The van der Waals surface area contributed by atoms with Gasteiger partial charge in [0.15, 0.2) is 0 Å². The van der Waals surface area contributed by atoms with Gasteiger partial charge in [-0.3, -0.25) is 9.69 Å². The fourth-order valence-corrected chi connectivity index (χ4v) is 6.12. The van der Waals surface area contributed by atoms with Crippen LogP contribution in [0.3, 0.4) is 0 Å².